The van der Waals surface area contributed by atoms with E-state index in [1.165, 1.54) is 16.8 Å². The number of halogens is 2. The fraction of sp³-hybridized carbons (Fsp3) is 0.0769. The highest BCUT2D eigenvalue weighted by Crippen LogP contribution is 2.29. The van der Waals surface area contributed by atoms with E-state index in [1.807, 2.05) is 0 Å². The van der Waals surface area contributed by atoms with Crippen molar-refractivity contribution in [1.82, 2.24) is 4.57 Å². The maximum Gasteiger partial charge on any atom is 0.352 e. The van der Waals surface area contributed by atoms with Crippen molar-refractivity contribution in [2.75, 3.05) is 5.32 Å². The summed E-state index contributed by atoms with van der Waals surface area (Å²) >= 11 is 9.20. The summed E-state index contributed by atoms with van der Waals surface area (Å²) in [5, 5.41) is 12.1. The van der Waals surface area contributed by atoms with Crippen LogP contribution in [0.4, 0.5) is 5.69 Å². The minimum Gasteiger partial charge on any atom is -0.477 e. The van der Waals surface area contributed by atoms with Crippen molar-refractivity contribution in [3.05, 3.63) is 51.7 Å². The number of hydrogen-bond acceptors (Lipinski definition) is 2. The first kappa shape index (κ1) is 14.6. The van der Waals surface area contributed by atoms with Gasteiger partial charge in [0.15, 0.2) is 0 Å². The number of rotatable bonds is 4. The van der Waals surface area contributed by atoms with E-state index in [9.17, 15) is 9.59 Å². The second kappa shape index (κ2) is 6.11. The Balaban J connectivity index is 2.11. The summed E-state index contributed by atoms with van der Waals surface area (Å²) in [6.45, 7) is -0.0897. The second-order valence-corrected chi connectivity index (χ2v) is 5.18. The van der Waals surface area contributed by atoms with Gasteiger partial charge in [0.25, 0.3) is 0 Å². The molecule has 2 N–H and O–H groups in total. The smallest absolute Gasteiger partial charge is 0.352 e. The Morgan fingerprint density at radius 2 is 2.05 bits per heavy atom. The van der Waals surface area contributed by atoms with Gasteiger partial charge < -0.3 is 15.0 Å². The Labute approximate surface area is 128 Å². The second-order valence-electron chi connectivity index (χ2n) is 3.98. The molecule has 2 aromatic rings. The van der Waals surface area contributed by atoms with Gasteiger partial charge in [-0.15, -0.1) is 0 Å². The summed E-state index contributed by atoms with van der Waals surface area (Å²) in [6, 6.07) is 8.11. The molecule has 7 heteroatoms. The van der Waals surface area contributed by atoms with Gasteiger partial charge in [-0.1, -0.05) is 17.7 Å². The molecule has 1 amide bonds. The molecule has 0 saturated heterocycles. The molecule has 1 aromatic heterocycles. The number of aromatic nitrogens is 1. The van der Waals surface area contributed by atoms with E-state index in [0.717, 1.165) is 0 Å². The van der Waals surface area contributed by atoms with Crippen molar-refractivity contribution in [1.29, 1.82) is 0 Å². The van der Waals surface area contributed by atoms with Gasteiger partial charge in [0.2, 0.25) is 5.91 Å². The molecule has 1 heterocycles. The van der Waals surface area contributed by atoms with E-state index >= 15 is 0 Å². The van der Waals surface area contributed by atoms with Crippen LogP contribution < -0.4 is 5.32 Å². The zero-order chi connectivity index (χ0) is 14.7. The highest BCUT2D eigenvalue weighted by atomic mass is 79.9. The van der Waals surface area contributed by atoms with Gasteiger partial charge in [-0.05, 0) is 40.2 Å². The molecule has 0 bridgehead atoms. The quantitative estimate of drug-likeness (QED) is 0.882. The van der Waals surface area contributed by atoms with Crippen LogP contribution in [-0.4, -0.2) is 21.6 Å². The zero-order valence-corrected chi connectivity index (χ0v) is 12.5. The van der Waals surface area contributed by atoms with Crippen LogP contribution in [-0.2, 0) is 11.3 Å². The first-order chi connectivity index (χ1) is 9.49. The number of carbonyl (C=O) groups is 2. The van der Waals surface area contributed by atoms with Crippen LogP contribution in [0.1, 0.15) is 10.5 Å². The lowest BCUT2D eigenvalue weighted by Gasteiger charge is -2.10. The van der Waals surface area contributed by atoms with Crippen LogP contribution in [0.25, 0.3) is 0 Å². The molecule has 0 aliphatic rings. The standard InChI is InChI=1S/C13H10BrClN2O3/c14-12-8(15)3-1-4-9(12)16-11(18)7-17-6-2-5-10(17)13(19)20/h1-6H,7H2,(H,16,18)(H,19,20). The first-order valence-corrected chi connectivity index (χ1v) is 6.78. The molecule has 2 rings (SSSR count). The molecule has 1 aromatic carbocycles. The molecule has 0 aliphatic carbocycles. The molecule has 20 heavy (non-hydrogen) atoms. The predicted molar refractivity (Wildman–Crippen MR) is 79.2 cm³/mol. The number of amides is 1. The van der Waals surface area contributed by atoms with Gasteiger partial charge in [0.05, 0.1) is 15.2 Å². The van der Waals surface area contributed by atoms with E-state index in [0.29, 0.717) is 15.2 Å². The van der Waals surface area contributed by atoms with Crippen molar-refractivity contribution in [2.24, 2.45) is 0 Å². The van der Waals surface area contributed by atoms with Crippen molar-refractivity contribution in [3.8, 4) is 0 Å². The van der Waals surface area contributed by atoms with E-state index in [4.69, 9.17) is 16.7 Å². The Bertz CT molecular complexity index is 669. The Morgan fingerprint density at radius 1 is 1.30 bits per heavy atom. The summed E-state index contributed by atoms with van der Waals surface area (Å²) in [5.74, 6) is -1.42. The molecular formula is C13H10BrClN2O3. The van der Waals surface area contributed by atoms with Gasteiger partial charge in [0, 0.05) is 6.20 Å². The summed E-state index contributed by atoms with van der Waals surface area (Å²) in [4.78, 5) is 22.9. The number of anilines is 1. The highest BCUT2D eigenvalue weighted by molar-refractivity contribution is 9.10. The van der Waals surface area contributed by atoms with Crippen LogP contribution in [0.3, 0.4) is 0 Å². The molecule has 0 atom stereocenters. The Kier molecular flexibility index (Phi) is 4.46. The van der Waals surface area contributed by atoms with Crippen LogP contribution in [0, 0.1) is 0 Å². The fourth-order valence-corrected chi connectivity index (χ4v) is 2.23. The predicted octanol–water partition coefficient (Wildman–Crippen LogP) is 3.24. The number of benzene rings is 1. The maximum absolute atomic E-state index is 11.9. The summed E-state index contributed by atoms with van der Waals surface area (Å²) in [7, 11) is 0. The van der Waals surface area contributed by atoms with Gasteiger partial charge in [0.1, 0.15) is 12.2 Å². The van der Waals surface area contributed by atoms with Crippen LogP contribution in [0.5, 0.6) is 0 Å². The van der Waals surface area contributed by atoms with E-state index in [1.54, 1.807) is 24.3 Å². The van der Waals surface area contributed by atoms with Crippen LogP contribution in [0.2, 0.25) is 5.02 Å². The normalized spacial score (nSPS) is 10.3. The molecular weight excluding hydrogens is 348 g/mol. The molecule has 0 spiro atoms. The SMILES string of the molecule is O=C(Cn1cccc1C(=O)O)Nc1cccc(Cl)c1Br. The third-order valence-corrected chi connectivity index (χ3v) is 3.99. The number of carbonyl (C=O) groups excluding carboxylic acids is 1. The lowest BCUT2D eigenvalue weighted by Crippen LogP contribution is -2.21. The third kappa shape index (κ3) is 3.20. The first-order valence-electron chi connectivity index (χ1n) is 5.61. The molecule has 0 aliphatic heterocycles. The van der Waals surface area contributed by atoms with Gasteiger partial charge in [-0.25, -0.2) is 4.79 Å². The minimum atomic E-state index is -1.08. The van der Waals surface area contributed by atoms with E-state index < -0.39 is 5.97 Å². The van der Waals surface area contributed by atoms with Crippen LogP contribution in [0.15, 0.2) is 41.0 Å². The molecule has 0 unspecified atom stereocenters. The summed E-state index contributed by atoms with van der Waals surface area (Å²) < 4.78 is 1.94. The maximum atomic E-state index is 11.9. The lowest BCUT2D eigenvalue weighted by atomic mass is 10.3. The average Bonchev–Trinajstić information content (AvgIpc) is 2.83. The summed E-state index contributed by atoms with van der Waals surface area (Å²) in [6.07, 6.45) is 1.54. The minimum absolute atomic E-state index is 0.0605. The monoisotopic (exact) mass is 356 g/mol. The van der Waals surface area contributed by atoms with Crippen molar-refractivity contribution in [3.63, 3.8) is 0 Å². The summed E-state index contributed by atoms with van der Waals surface area (Å²) in [5.41, 5.74) is 0.594. The largest absolute Gasteiger partial charge is 0.477 e. The lowest BCUT2D eigenvalue weighted by molar-refractivity contribution is -0.116. The molecule has 0 fully saturated rings. The number of nitrogens with zero attached hydrogens (tertiary/aromatic N) is 1. The van der Waals surface area contributed by atoms with Crippen molar-refractivity contribution < 1.29 is 14.7 Å². The van der Waals surface area contributed by atoms with Crippen molar-refractivity contribution in [2.45, 2.75) is 6.54 Å². The molecule has 0 radical (unpaired) electrons. The highest BCUT2D eigenvalue weighted by Gasteiger charge is 2.13. The fourth-order valence-electron chi connectivity index (χ4n) is 1.69. The third-order valence-electron chi connectivity index (χ3n) is 2.59. The van der Waals surface area contributed by atoms with Crippen molar-refractivity contribution >= 4 is 45.1 Å². The van der Waals surface area contributed by atoms with Gasteiger partial charge in [-0.3, -0.25) is 4.79 Å². The van der Waals surface area contributed by atoms with E-state index in [-0.39, 0.29) is 18.1 Å². The van der Waals surface area contributed by atoms with E-state index in [2.05, 4.69) is 21.2 Å². The van der Waals surface area contributed by atoms with Gasteiger partial charge >= 0.3 is 5.97 Å². The van der Waals surface area contributed by atoms with Gasteiger partial charge in [-0.2, -0.15) is 0 Å². The molecule has 0 saturated carbocycles. The average molecular weight is 358 g/mol. The zero-order valence-electron chi connectivity index (χ0n) is 10.1. The Hall–Kier alpha value is -1.79. The number of hydrogen-bond donors (Lipinski definition) is 2. The number of aromatic carboxylic acids is 1. The topological polar surface area (TPSA) is 71.3 Å². The Morgan fingerprint density at radius 3 is 2.75 bits per heavy atom. The number of nitrogens with one attached hydrogen (secondary N) is 1. The molecule has 104 valence electrons. The number of carboxylic acids is 1. The van der Waals surface area contributed by atoms with Crippen LogP contribution >= 0.6 is 27.5 Å². The number of carboxylic acid groups (broad SMARTS) is 1. The molecule has 5 nitrogen and oxygen atoms in total.